The van der Waals surface area contributed by atoms with Crippen LogP contribution in [0.15, 0.2) is 18.2 Å². The summed E-state index contributed by atoms with van der Waals surface area (Å²) in [7, 11) is 0. The van der Waals surface area contributed by atoms with Gasteiger partial charge in [0.1, 0.15) is 5.75 Å². The van der Waals surface area contributed by atoms with E-state index >= 15 is 0 Å². The van der Waals surface area contributed by atoms with E-state index in [0.29, 0.717) is 5.92 Å². The van der Waals surface area contributed by atoms with Crippen LogP contribution < -0.4 is 4.74 Å². The lowest BCUT2D eigenvalue weighted by atomic mass is 9.96. The summed E-state index contributed by atoms with van der Waals surface area (Å²) in [4.78, 5) is 0. The van der Waals surface area contributed by atoms with Gasteiger partial charge in [0.05, 0.1) is 0 Å². The van der Waals surface area contributed by atoms with Gasteiger partial charge in [0.2, 0.25) is 0 Å². The Labute approximate surface area is 106 Å². The molecule has 0 aromatic heterocycles. The van der Waals surface area contributed by atoms with Gasteiger partial charge >= 0.3 is 6.36 Å². The summed E-state index contributed by atoms with van der Waals surface area (Å²) in [5.74, 6) is 0.137. The fourth-order valence-corrected chi connectivity index (χ4v) is 1.75. The molecule has 0 fully saturated rings. The molecule has 0 aliphatic carbocycles. The first-order valence-electron chi connectivity index (χ1n) is 5.90. The van der Waals surface area contributed by atoms with Crippen molar-refractivity contribution in [1.29, 1.82) is 0 Å². The Balaban J connectivity index is 3.06. The summed E-state index contributed by atoms with van der Waals surface area (Å²) >= 11 is 0. The van der Waals surface area contributed by atoms with Crippen molar-refractivity contribution >= 4 is 0 Å². The topological polar surface area (TPSA) is 9.23 Å². The molecule has 0 aliphatic heterocycles. The van der Waals surface area contributed by atoms with E-state index in [1.807, 2.05) is 26.8 Å². The fraction of sp³-hybridized carbons (Fsp3) is 0.500. The lowest BCUT2D eigenvalue weighted by Crippen LogP contribution is -2.17. The van der Waals surface area contributed by atoms with Gasteiger partial charge in [-0.15, -0.1) is 13.2 Å². The molecular weight excluding hydrogens is 241 g/mol. The third kappa shape index (κ3) is 4.98. The van der Waals surface area contributed by atoms with E-state index in [1.165, 1.54) is 12.1 Å². The maximum absolute atomic E-state index is 12.2. The molecule has 0 bridgehead atoms. The van der Waals surface area contributed by atoms with Crippen LogP contribution in [0.5, 0.6) is 5.75 Å². The molecule has 1 nitrogen and oxygen atoms in total. The van der Waals surface area contributed by atoms with Gasteiger partial charge in [-0.05, 0) is 48.4 Å². The summed E-state index contributed by atoms with van der Waals surface area (Å²) < 4.78 is 40.7. The quantitative estimate of drug-likeness (QED) is 0.760. The highest BCUT2D eigenvalue weighted by Gasteiger charge is 2.31. The maximum atomic E-state index is 12.2. The Morgan fingerprint density at radius 1 is 1.17 bits per heavy atom. The van der Waals surface area contributed by atoms with Crippen LogP contribution in [-0.2, 0) is 6.42 Å². The fourth-order valence-electron chi connectivity index (χ4n) is 1.75. The number of alkyl halides is 3. The average molecular weight is 259 g/mol. The lowest BCUT2D eigenvalue weighted by molar-refractivity contribution is -0.274. The Morgan fingerprint density at radius 2 is 1.78 bits per heavy atom. The van der Waals surface area contributed by atoms with Gasteiger partial charge in [0, 0.05) is 0 Å². The van der Waals surface area contributed by atoms with Crippen LogP contribution >= 0.6 is 0 Å². The summed E-state index contributed by atoms with van der Waals surface area (Å²) in [5.41, 5.74) is 1.60. The minimum atomic E-state index is -4.65. The van der Waals surface area contributed by atoms with Gasteiger partial charge in [0.15, 0.2) is 0 Å². The first-order valence-corrected chi connectivity index (χ1v) is 5.90. The summed E-state index contributed by atoms with van der Waals surface area (Å²) in [6, 6.07) is 4.73. The van der Waals surface area contributed by atoms with Crippen molar-refractivity contribution in [2.75, 3.05) is 0 Å². The second kappa shape index (κ2) is 5.63. The van der Waals surface area contributed by atoms with Crippen molar-refractivity contribution in [3.63, 3.8) is 0 Å². The smallest absolute Gasteiger partial charge is 0.406 e. The van der Waals surface area contributed by atoms with Crippen LogP contribution in [0.1, 0.15) is 37.8 Å². The van der Waals surface area contributed by atoms with Gasteiger partial charge < -0.3 is 4.74 Å². The third-order valence-electron chi connectivity index (χ3n) is 2.44. The zero-order valence-corrected chi connectivity index (χ0v) is 10.8. The van der Waals surface area contributed by atoms with E-state index in [0.717, 1.165) is 17.5 Å². The molecule has 101 valence electrons. The van der Waals surface area contributed by atoms with Gasteiger partial charge in [-0.2, -0.15) is 0 Å². The van der Waals surface area contributed by atoms with Crippen LogP contribution in [0.4, 0.5) is 13.2 Å². The Morgan fingerprint density at radius 3 is 2.22 bits per heavy atom. The van der Waals surface area contributed by atoms with Crippen LogP contribution in [0.3, 0.4) is 0 Å². The molecule has 1 aromatic carbocycles. The van der Waals surface area contributed by atoms with Crippen molar-refractivity contribution in [3.05, 3.63) is 36.2 Å². The zero-order chi connectivity index (χ0) is 13.9. The van der Waals surface area contributed by atoms with Crippen LogP contribution in [-0.4, -0.2) is 6.36 Å². The van der Waals surface area contributed by atoms with Crippen molar-refractivity contribution in [1.82, 2.24) is 0 Å². The van der Waals surface area contributed by atoms with Crippen molar-refractivity contribution in [3.8, 4) is 5.75 Å². The number of rotatable bonds is 4. The number of benzene rings is 1. The van der Waals surface area contributed by atoms with Crippen molar-refractivity contribution < 1.29 is 17.9 Å². The minimum absolute atomic E-state index is 0.0762. The molecule has 1 atom stereocenters. The second-order valence-corrected chi connectivity index (χ2v) is 4.96. The van der Waals surface area contributed by atoms with Crippen molar-refractivity contribution in [2.24, 2.45) is 5.92 Å². The highest BCUT2D eigenvalue weighted by molar-refractivity contribution is 5.37. The van der Waals surface area contributed by atoms with Gasteiger partial charge in [-0.3, -0.25) is 0 Å². The zero-order valence-electron chi connectivity index (χ0n) is 10.8. The van der Waals surface area contributed by atoms with Crippen LogP contribution in [0.2, 0.25) is 0 Å². The predicted octanol–water partition coefficient (Wildman–Crippen LogP) is 4.72. The van der Waals surface area contributed by atoms with E-state index in [-0.39, 0.29) is 11.7 Å². The second-order valence-electron chi connectivity index (χ2n) is 4.96. The summed E-state index contributed by atoms with van der Waals surface area (Å²) in [6.45, 7) is 9.71. The maximum Gasteiger partial charge on any atom is 0.573 e. The summed E-state index contributed by atoms with van der Waals surface area (Å²) in [6.07, 6.45) is -3.94. The van der Waals surface area contributed by atoms with Crippen LogP contribution in [0, 0.1) is 12.8 Å². The highest BCUT2D eigenvalue weighted by Crippen LogP contribution is 2.28. The first-order chi connectivity index (χ1) is 8.17. The monoisotopic (exact) mass is 259 g/mol. The molecule has 1 aromatic rings. The Hall–Kier alpha value is -1.19. The van der Waals surface area contributed by atoms with E-state index < -0.39 is 6.36 Å². The molecule has 0 saturated carbocycles. The normalized spacial score (nSPS) is 12.3. The van der Waals surface area contributed by atoms with E-state index in [4.69, 9.17) is 0 Å². The molecule has 1 radical (unpaired) electrons. The number of ether oxygens (including phenoxy) is 1. The molecule has 1 unspecified atom stereocenters. The molecule has 0 spiro atoms. The van der Waals surface area contributed by atoms with Crippen LogP contribution in [0.25, 0.3) is 0 Å². The molecular formula is C14H18F3O. The van der Waals surface area contributed by atoms with Gasteiger partial charge in [-0.25, -0.2) is 0 Å². The first kappa shape index (κ1) is 14.9. The average Bonchev–Trinajstić information content (AvgIpc) is 2.12. The lowest BCUT2D eigenvalue weighted by Gasteiger charge is -2.15. The number of hydrogen-bond acceptors (Lipinski definition) is 1. The van der Waals surface area contributed by atoms with Gasteiger partial charge in [0.25, 0.3) is 0 Å². The summed E-state index contributed by atoms with van der Waals surface area (Å²) in [5, 5.41) is 0. The largest absolute Gasteiger partial charge is 0.573 e. The minimum Gasteiger partial charge on any atom is -0.406 e. The molecule has 1 rings (SSSR count). The molecule has 0 N–H and O–H groups in total. The standard InChI is InChI=1S/C14H18F3O/c1-9(2)5-11-6-12(10(3)4)8-13(7-11)18-14(15,16)17/h6-10H,3,5H2,1-2,4H3. The van der Waals surface area contributed by atoms with Gasteiger partial charge in [-0.1, -0.05) is 26.8 Å². The molecule has 0 amide bonds. The highest BCUT2D eigenvalue weighted by atomic mass is 19.4. The Bertz CT molecular complexity index is 395. The van der Waals surface area contributed by atoms with Crippen molar-refractivity contribution in [2.45, 2.75) is 39.5 Å². The molecule has 18 heavy (non-hydrogen) atoms. The van der Waals surface area contributed by atoms with E-state index in [9.17, 15) is 13.2 Å². The molecule has 0 aliphatic rings. The Kier molecular flexibility index (Phi) is 4.65. The molecule has 0 saturated heterocycles. The van der Waals surface area contributed by atoms with E-state index in [1.54, 1.807) is 0 Å². The molecule has 0 heterocycles. The number of halogens is 3. The predicted molar refractivity (Wildman–Crippen MR) is 65.4 cm³/mol. The third-order valence-corrected chi connectivity index (χ3v) is 2.44. The van der Waals surface area contributed by atoms with E-state index in [2.05, 4.69) is 11.7 Å². The number of hydrogen-bond donors (Lipinski definition) is 0. The molecule has 4 heteroatoms. The SMILES string of the molecule is [CH2]C(C)c1cc(CC(C)C)cc(OC(F)(F)F)c1.